The number of aliphatic hydroxyl groups excluding tert-OH is 4. The Kier molecular flexibility index (Phi) is 4.72. The van der Waals surface area contributed by atoms with E-state index >= 15 is 0 Å². The second kappa shape index (κ2) is 6.70. The lowest BCUT2D eigenvalue weighted by Gasteiger charge is -2.71. The maximum Gasteiger partial charge on any atom is 0.122 e. The van der Waals surface area contributed by atoms with Gasteiger partial charge in [-0.2, -0.15) is 0 Å². The quantitative estimate of drug-likeness (QED) is 0.208. The first-order valence-electron chi connectivity index (χ1n) is 12.0. The van der Waals surface area contributed by atoms with Gasteiger partial charge in [0.1, 0.15) is 23.4 Å². The summed E-state index contributed by atoms with van der Waals surface area (Å²) in [5.41, 5.74) is -8.47. The number of hydrogen-bond acceptors (Lipinski definition) is 11. The Morgan fingerprint density at radius 3 is 2.18 bits per heavy atom. The number of fused-ring (bicyclic) bond motifs is 2. The van der Waals surface area contributed by atoms with Crippen LogP contribution in [-0.2, 0) is 14.2 Å². The summed E-state index contributed by atoms with van der Waals surface area (Å²) in [6.07, 6.45) is -8.06. The van der Waals surface area contributed by atoms with Crippen molar-refractivity contribution in [2.75, 3.05) is 41.5 Å². The van der Waals surface area contributed by atoms with Gasteiger partial charge in [0.15, 0.2) is 0 Å². The van der Waals surface area contributed by atoms with Crippen LogP contribution < -0.4 is 0 Å². The van der Waals surface area contributed by atoms with Crippen LogP contribution in [0.1, 0.15) is 12.8 Å². The largest absolute Gasteiger partial charge is 0.392 e. The van der Waals surface area contributed by atoms with Crippen LogP contribution in [-0.4, -0.2) is 142 Å². The van der Waals surface area contributed by atoms with Gasteiger partial charge in [0, 0.05) is 75.3 Å². The fourth-order valence-corrected chi connectivity index (χ4v) is 10.6. The minimum Gasteiger partial charge on any atom is -0.392 e. The van der Waals surface area contributed by atoms with Crippen LogP contribution in [0.2, 0.25) is 0 Å². The Hall–Kier alpha value is -0.440. The molecule has 7 bridgehead atoms. The van der Waals surface area contributed by atoms with E-state index in [-0.39, 0.29) is 13.0 Å². The molecule has 0 unspecified atom stereocenters. The molecular formula is C23H37NO10. The van der Waals surface area contributed by atoms with Crippen molar-refractivity contribution in [2.45, 2.75) is 72.3 Å². The molecule has 11 heteroatoms. The Bertz CT molecular complexity index is 894. The topological polar surface area (TPSA) is 173 Å². The average molecular weight is 488 g/mol. The highest BCUT2D eigenvalue weighted by atomic mass is 16.5. The number of ether oxygens (including phenoxy) is 3. The molecule has 1 aliphatic heterocycles. The van der Waals surface area contributed by atoms with Crippen LogP contribution in [0, 0.1) is 28.6 Å². The zero-order valence-electron chi connectivity index (χ0n) is 19.9. The van der Waals surface area contributed by atoms with Crippen LogP contribution >= 0.6 is 0 Å². The number of aliphatic hydroxyl groups is 7. The lowest BCUT2D eigenvalue weighted by molar-refractivity contribution is -0.352. The van der Waals surface area contributed by atoms with Crippen molar-refractivity contribution in [3.05, 3.63) is 0 Å². The number of methoxy groups -OCH3 is 3. The third kappa shape index (κ3) is 1.99. The Balaban J connectivity index is 1.73. The van der Waals surface area contributed by atoms with E-state index in [0.29, 0.717) is 6.54 Å². The van der Waals surface area contributed by atoms with Crippen molar-refractivity contribution in [1.82, 2.24) is 4.90 Å². The van der Waals surface area contributed by atoms with Gasteiger partial charge in [-0.1, -0.05) is 0 Å². The summed E-state index contributed by atoms with van der Waals surface area (Å²) in [4.78, 5) is 1.96. The second-order valence-corrected chi connectivity index (χ2v) is 11.9. The summed E-state index contributed by atoms with van der Waals surface area (Å²) in [6.45, 7) is 0.534. The van der Waals surface area contributed by atoms with Crippen LogP contribution in [0.15, 0.2) is 0 Å². The molecule has 1 spiro atoms. The molecule has 0 radical (unpaired) electrons. The molecule has 0 aromatic heterocycles. The predicted octanol–water partition coefficient (Wildman–Crippen LogP) is -3.72. The molecule has 6 aliphatic rings. The lowest BCUT2D eigenvalue weighted by Crippen LogP contribution is -2.85. The van der Waals surface area contributed by atoms with E-state index in [2.05, 4.69) is 0 Å². The Morgan fingerprint density at radius 2 is 1.59 bits per heavy atom. The number of likely N-dealkylation sites (tertiary alicyclic amines) is 1. The summed E-state index contributed by atoms with van der Waals surface area (Å²) in [5, 5.41) is 81.5. The Labute approximate surface area is 197 Å². The number of hydrogen-bond donors (Lipinski definition) is 7. The van der Waals surface area contributed by atoms with E-state index in [9.17, 15) is 35.7 Å². The third-order valence-corrected chi connectivity index (χ3v) is 11.2. The van der Waals surface area contributed by atoms with Gasteiger partial charge in [0.05, 0.1) is 36.6 Å². The number of piperidine rings is 1. The fourth-order valence-electron chi connectivity index (χ4n) is 10.6. The molecular weight excluding hydrogens is 450 g/mol. The van der Waals surface area contributed by atoms with Crippen molar-refractivity contribution >= 4 is 0 Å². The van der Waals surface area contributed by atoms with Gasteiger partial charge < -0.3 is 54.9 Å². The molecule has 1 heterocycles. The first-order chi connectivity index (χ1) is 15.9. The third-order valence-electron chi connectivity index (χ3n) is 11.2. The molecule has 11 nitrogen and oxygen atoms in total. The smallest absolute Gasteiger partial charge is 0.122 e. The van der Waals surface area contributed by atoms with Crippen molar-refractivity contribution < 1.29 is 50.0 Å². The first kappa shape index (κ1) is 23.9. The molecule has 0 aromatic rings. The van der Waals surface area contributed by atoms with E-state index < -0.39 is 94.5 Å². The molecule has 5 aliphatic carbocycles. The molecule has 6 fully saturated rings. The van der Waals surface area contributed by atoms with Crippen molar-refractivity contribution in [2.24, 2.45) is 28.6 Å². The van der Waals surface area contributed by atoms with E-state index in [1.807, 2.05) is 11.9 Å². The lowest BCUT2D eigenvalue weighted by atomic mass is 9.41. The summed E-state index contributed by atoms with van der Waals surface area (Å²) in [6, 6.07) is -0.592. The molecule has 0 aromatic carbocycles. The monoisotopic (exact) mass is 487 g/mol. The van der Waals surface area contributed by atoms with Gasteiger partial charge in [-0.3, -0.25) is 0 Å². The fraction of sp³-hybridized carbons (Fsp3) is 1.00. The number of rotatable bonds is 4. The van der Waals surface area contributed by atoms with Crippen molar-refractivity contribution in [1.29, 1.82) is 0 Å². The van der Waals surface area contributed by atoms with E-state index in [1.165, 1.54) is 14.2 Å². The summed E-state index contributed by atoms with van der Waals surface area (Å²) in [7, 11) is 6.36. The van der Waals surface area contributed by atoms with Crippen LogP contribution in [0.3, 0.4) is 0 Å². The summed E-state index contributed by atoms with van der Waals surface area (Å²) in [5.74, 6) is -2.82. The molecule has 34 heavy (non-hydrogen) atoms. The van der Waals surface area contributed by atoms with Crippen molar-refractivity contribution in [3.8, 4) is 0 Å². The highest BCUT2D eigenvalue weighted by Gasteiger charge is 2.94. The van der Waals surface area contributed by atoms with Crippen LogP contribution in [0.4, 0.5) is 0 Å². The Morgan fingerprint density at radius 1 is 0.912 bits per heavy atom. The van der Waals surface area contributed by atoms with E-state index in [0.717, 1.165) is 0 Å². The molecule has 15 atom stereocenters. The van der Waals surface area contributed by atoms with Gasteiger partial charge >= 0.3 is 0 Å². The minimum atomic E-state index is -2.22. The van der Waals surface area contributed by atoms with Crippen molar-refractivity contribution in [3.63, 3.8) is 0 Å². The zero-order valence-corrected chi connectivity index (χ0v) is 19.9. The van der Waals surface area contributed by atoms with Gasteiger partial charge in [-0.05, 0) is 7.05 Å². The molecule has 6 rings (SSSR count). The van der Waals surface area contributed by atoms with E-state index in [1.54, 1.807) is 7.11 Å². The highest BCUT2D eigenvalue weighted by molar-refractivity contribution is 5.44. The number of nitrogens with zero attached hydrogens (tertiary/aromatic N) is 1. The summed E-state index contributed by atoms with van der Waals surface area (Å²) >= 11 is 0. The van der Waals surface area contributed by atoms with Gasteiger partial charge in [0.2, 0.25) is 0 Å². The minimum absolute atomic E-state index is 0.151. The van der Waals surface area contributed by atoms with Gasteiger partial charge in [-0.15, -0.1) is 0 Å². The normalized spacial score (nSPS) is 66.1. The standard InChI is InChI=1S/C23H37NO10/c1-24-7-19(8-32-2)9(25)5-10(33-3)22-13(19)12(34-4)11(15(22)24)23(31)14-16(26)20(29,6-21(14,22)30)17(27)18(23)28/h9-18,25-31H,5-8H2,1-4H3/t9-,10+,11-,12+,13-,14+,15-,16-,17+,18+,19+,20-,21+,22-,23+/m1/s1. The second-order valence-electron chi connectivity index (χ2n) is 11.9. The van der Waals surface area contributed by atoms with E-state index in [4.69, 9.17) is 14.2 Å². The SMILES string of the molecule is COC[C@]12CN(C)[C@@H]3[C@H]4[C@H](OC)[C@H]1[C@@]3([C@@H](OC)C[C@H]2O)[C@]1(O)C[C@@]2(O)[C@H](O)[C@@H]1[C@]4(O)[C@@H](O)[C@@H]2O. The maximum atomic E-state index is 12.7. The maximum absolute atomic E-state index is 12.7. The average Bonchev–Trinajstić information content (AvgIpc) is 3.15. The summed E-state index contributed by atoms with van der Waals surface area (Å²) < 4.78 is 17.6. The molecule has 194 valence electrons. The van der Waals surface area contributed by atoms with Gasteiger partial charge in [0.25, 0.3) is 0 Å². The molecule has 1 saturated heterocycles. The molecule has 5 saturated carbocycles. The first-order valence-corrected chi connectivity index (χ1v) is 12.0. The zero-order chi connectivity index (χ0) is 24.8. The van der Waals surface area contributed by atoms with Gasteiger partial charge in [-0.25, -0.2) is 0 Å². The predicted molar refractivity (Wildman–Crippen MR) is 113 cm³/mol. The van der Waals surface area contributed by atoms with Crippen LogP contribution in [0.5, 0.6) is 0 Å². The molecule has 7 N–H and O–H groups in total. The van der Waals surface area contributed by atoms with Crippen LogP contribution in [0.25, 0.3) is 0 Å². The highest BCUT2D eigenvalue weighted by Crippen LogP contribution is 2.80. The molecule has 0 amide bonds.